The monoisotopic (exact) mass is 278 g/mol. The highest BCUT2D eigenvalue weighted by atomic mass is 16.3. The number of aromatic amines is 1. The van der Waals surface area contributed by atoms with Gasteiger partial charge in [-0.2, -0.15) is 5.26 Å². The molecule has 0 fully saturated rings. The normalized spacial score (nSPS) is 10.5. The fourth-order valence-electron chi connectivity index (χ4n) is 2.28. The molecule has 21 heavy (non-hydrogen) atoms. The second-order valence-corrected chi connectivity index (χ2v) is 4.56. The van der Waals surface area contributed by atoms with Gasteiger partial charge in [-0.3, -0.25) is 15.2 Å². The van der Waals surface area contributed by atoms with E-state index in [1.807, 2.05) is 6.07 Å². The van der Waals surface area contributed by atoms with Crippen molar-refractivity contribution in [2.75, 3.05) is 0 Å². The third-order valence-electron chi connectivity index (χ3n) is 3.13. The predicted octanol–water partition coefficient (Wildman–Crippen LogP) is 1.84. The van der Waals surface area contributed by atoms with Gasteiger partial charge >= 0.3 is 0 Å². The van der Waals surface area contributed by atoms with Gasteiger partial charge < -0.3 is 9.40 Å². The number of nitrogens with zero attached hydrogens (tertiary/aromatic N) is 2. The minimum atomic E-state index is -0.357. The molecule has 0 atom stereocenters. The molecule has 0 amide bonds. The fourth-order valence-corrected chi connectivity index (χ4v) is 2.28. The number of aromatic nitrogens is 2. The quantitative estimate of drug-likeness (QED) is 0.708. The third kappa shape index (κ3) is 2.01. The average Bonchev–Trinajstić information content (AvgIpc) is 2.46. The number of hydrogen-bond acceptors (Lipinski definition) is 5. The summed E-state index contributed by atoms with van der Waals surface area (Å²) in [7, 11) is 0. The van der Waals surface area contributed by atoms with Gasteiger partial charge in [0.2, 0.25) is 5.55 Å². The zero-order valence-electron chi connectivity index (χ0n) is 11.1. The van der Waals surface area contributed by atoms with Crippen LogP contribution in [0.2, 0.25) is 0 Å². The van der Waals surface area contributed by atoms with Crippen molar-refractivity contribution in [1.82, 2.24) is 9.97 Å². The number of fused-ring (bicyclic) bond motifs is 1. The Kier molecular flexibility index (Phi) is 2.88. The molecule has 3 rings (SSSR count). The molecule has 0 saturated heterocycles. The van der Waals surface area contributed by atoms with Crippen LogP contribution in [-0.4, -0.2) is 9.97 Å². The Bertz CT molecular complexity index is 994. The molecule has 0 aliphatic rings. The van der Waals surface area contributed by atoms with Crippen LogP contribution in [0.5, 0.6) is 0 Å². The molecule has 0 aliphatic carbocycles. The Hall–Kier alpha value is -3.20. The lowest BCUT2D eigenvalue weighted by molar-refractivity contribution is 0.530. The largest absolute Gasteiger partial charge is 0.437 e. The summed E-state index contributed by atoms with van der Waals surface area (Å²) in [5.41, 5.74) is 1.26. The number of nitrogens with one attached hydrogen (secondary N) is 2. The van der Waals surface area contributed by atoms with Gasteiger partial charge in [0, 0.05) is 35.3 Å². The van der Waals surface area contributed by atoms with Gasteiger partial charge in [0.15, 0.2) is 0 Å². The van der Waals surface area contributed by atoms with Gasteiger partial charge in [0.1, 0.15) is 17.2 Å². The Morgan fingerprint density at radius 3 is 2.95 bits per heavy atom. The van der Waals surface area contributed by atoms with E-state index in [4.69, 9.17) is 9.83 Å². The zero-order valence-corrected chi connectivity index (χ0v) is 11.1. The second kappa shape index (κ2) is 4.72. The zero-order chi connectivity index (χ0) is 15.0. The van der Waals surface area contributed by atoms with Gasteiger partial charge in [-0.25, -0.2) is 0 Å². The molecule has 102 valence electrons. The molecule has 0 saturated carbocycles. The Balaban J connectivity index is 2.61. The van der Waals surface area contributed by atoms with Crippen LogP contribution in [0.4, 0.5) is 0 Å². The third-order valence-corrected chi connectivity index (χ3v) is 3.13. The molecule has 6 nitrogen and oxygen atoms in total. The van der Waals surface area contributed by atoms with Crippen molar-refractivity contribution < 1.29 is 4.42 Å². The van der Waals surface area contributed by atoms with E-state index in [0.717, 1.165) is 0 Å². The summed E-state index contributed by atoms with van der Waals surface area (Å²) in [6.07, 6.45) is 3.15. The minimum Gasteiger partial charge on any atom is -0.437 e. The molecule has 0 aliphatic heterocycles. The molecule has 0 bridgehead atoms. The van der Waals surface area contributed by atoms with Crippen molar-refractivity contribution >= 4 is 11.0 Å². The molecule has 0 spiro atoms. The van der Waals surface area contributed by atoms with Gasteiger partial charge in [-0.15, -0.1) is 0 Å². The molecule has 3 aromatic heterocycles. The maximum atomic E-state index is 12.3. The summed E-state index contributed by atoms with van der Waals surface area (Å²) in [6, 6.07) is 7.01. The minimum absolute atomic E-state index is 0.0184. The van der Waals surface area contributed by atoms with E-state index in [0.29, 0.717) is 16.8 Å². The van der Waals surface area contributed by atoms with Crippen LogP contribution in [0.25, 0.3) is 22.1 Å². The Morgan fingerprint density at radius 2 is 2.29 bits per heavy atom. The lowest BCUT2D eigenvalue weighted by Gasteiger charge is -2.08. The lowest BCUT2D eigenvalue weighted by Crippen LogP contribution is -2.15. The maximum Gasteiger partial charge on any atom is 0.259 e. The van der Waals surface area contributed by atoms with Crippen LogP contribution < -0.4 is 11.1 Å². The van der Waals surface area contributed by atoms with E-state index in [9.17, 15) is 10.1 Å². The molecule has 0 unspecified atom stereocenters. The standard InChI is InChI=1S/C15H10N4O2/c1-8-5-11-13(15(20)19-8)12(9-3-2-4-18-7-9)10(6-16)14(17)21-11/h2-5,7,17H,1H3,(H,19,20). The number of rotatable bonds is 1. The highest BCUT2D eigenvalue weighted by molar-refractivity contribution is 5.95. The van der Waals surface area contributed by atoms with Crippen molar-refractivity contribution in [1.29, 1.82) is 10.7 Å². The fraction of sp³-hybridized carbons (Fsp3) is 0.0667. The Morgan fingerprint density at radius 1 is 1.48 bits per heavy atom. The van der Waals surface area contributed by atoms with Crippen LogP contribution in [0.15, 0.2) is 39.8 Å². The first kappa shape index (κ1) is 12.8. The van der Waals surface area contributed by atoms with Crippen LogP contribution in [0.1, 0.15) is 11.3 Å². The summed E-state index contributed by atoms with van der Waals surface area (Å²) in [6.45, 7) is 1.72. The first-order valence-corrected chi connectivity index (χ1v) is 6.17. The van der Waals surface area contributed by atoms with E-state index < -0.39 is 0 Å². The Labute approximate surface area is 118 Å². The highest BCUT2D eigenvalue weighted by Gasteiger charge is 2.17. The second-order valence-electron chi connectivity index (χ2n) is 4.56. The van der Waals surface area contributed by atoms with E-state index >= 15 is 0 Å². The maximum absolute atomic E-state index is 12.3. The van der Waals surface area contributed by atoms with Crippen molar-refractivity contribution in [3.63, 3.8) is 0 Å². The van der Waals surface area contributed by atoms with Gasteiger partial charge in [0.25, 0.3) is 5.56 Å². The molecule has 0 aromatic carbocycles. The molecular weight excluding hydrogens is 268 g/mol. The van der Waals surface area contributed by atoms with Gasteiger partial charge in [-0.05, 0) is 13.0 Å². The molecule has 6 heteroatoms. The number of H-pyrrole nitrogens is 1. The molecule has 3 aromatic rings. The topological polar surface area (TPSA) is 107 Å². The number of pyridine rings is 2. The van der Waals surface area contributed by atoms with E-state index in [-0.39, 0.29) is 27.6 Å². The lowest BCUT2D eigenvalue weighted by atomic mass is 9.99. The van der Waals surface area contributed by atoms with Crippen LogP contribution in [-0.2, 0) is 0 Å². The van der Waals surface area contributed by atoms with Crippen molar-refractivity contribution in [3.8, 4) is 17.2 Å². The average molecular weight is 278 g/mol. The van der Waals surface area contributed by atoms with E-state index in [1.165, 1.54) is 0 Å². The van der Waals surface area contributed by atoms with E-state index in [2.05, 4.69) is 9.97 Å². The van der Waals surface area contributed by atoms with E-state index in [1.54, 1.807) is 37.5 Å². The van der Waals surface area contributed by atoms with Crippen LogP contribution in [0.3, 0.4) is 0 Å². The van der Waals surface area contributed by atoms with Gasteiger partial charge in [0.05, 0.1) is 5.39 Å². The van der Waals surface area contributed by atoms with Crippen molar-refractivity contribution in [2.24, 2.45) is 0 Å². The smallest absolute Gasteiger partial charge is 0.259 e. The number of aryl methyl sites for hydroxylation is 1. The molecule has 2 N–H and O–H groups in total. The predicted molar refractivity (Wildman–Crippen MR) is 75.4 cm³/mol. The number of nitriles is 1. The first-order chi connectivity index (χ1) is 10.1. The van der Waals surface area contributed by atoms with Gasteiger partial charge in [-0.1, -0.05) is 6.07 Å². The molecule has 3 heterocycles. The highest BCUT2D eigenvalue weighted by Crippen LogP contribution is 2.27. The van der Waals surface area contributed by atoms with Crippen LogP contribution >= 0.6 is 0 Å². The summed E-state index contributed by atoms with van der Waals surface area (Å²) in [5.74, 6) is 0. The first-order valence-electron chi connectivity index (χ1n) is 6.17. The summed E-state index contributed by atoms with van der Waals surface area (Å²) in [4.78, 5) is 19.0. The molecule has 0 radical (unpaired) electrons. The SMILES string of the molecule is Cc1cc2oc(=N)c(C#N)c(-c3cccnc3)c2c(=O)[nH]1. The number of hydrogen-bond donors (Lipinski definition) is 2. The van der Waals surface area contributed by atoms with Crippen molar-refractivity contribution in [2.45, 2.75) is 6.92 Å². The summed E-state index contributed by atoms with van der Waals surface area (Å²) < 4.78 is 5.31. The summed E-state index contributed by atoms with van der Waals surface area (Å²) >= 11 is 0. The summed E-state index contributed by atoms with van der Waals surface area (Å²) in [5, 5.41) is 17.4. The van der Waals surface area contributed by atoms with Crippen molar-refractivity contribution in [3.05, 3.63) is 57.8 Å². The van der Waals surface area contributed by atoms with Crippen LogP contribution in [0, 0.1) is 23.7 Å². The molecular formula is C15H10N4O2.